The van der Waals surface area contributed by atoms with Gasteiger partial charge in [0.2, 0.25) is 0 Å². The molecule has 1 aliphatic heterocycles. The maximum atomic E-state index is 11.1. The lowest BCUT2D eigenvalue weighted by molar-refractivity contribution is -0.152. The first kappa shape index (κ1) is 30.2. The van der Waals surface area contributed by atoms with Crippen LogP contribution in [0.25, 0.3) is 0 Å². The lowest BCUT2D eigenvalue weighted by Gasteiger charge is -2.31. The molecular weight excluding hydrogens is 490 g/mol. The second-order valence-electron chi connectivity index (χ2n) is 9.36. The molecule has 0 saturated carbocycles. The molecule has 0 saturated heterocycles. The number of carboxylic acid groups (broad SMARTS) is 2. The predicted molar refractivity (Wildman–Crippen MR) is 147 cm³/mol. The maximum Gasteiger partial charge on any atom is 0.347 e. The highest BCUT2D eigenvalue weighted by atomic mass is 16.5. The third kappa shape index (κ3) is 10.2. The Kier molecular flexibility index (Phi) is 11.7. The van der Waals surface area contributed by atoms with E-state index in [1.165, 1.54) is 11.3 Å². The number of benzene rings is 2. The Labute approximate surface area is 223 Å². The van der Waals surface area contributed by atoms with Gasteiger partial charge >= 0.3 is 11.9 Å². The number of nitrogens with zero attached hydrogens (tertiary/aromatic N) is 2. The Balaban J connectivity index is 0.000000358. The number of aliphatic imine (C=N–C) groups is 1. The van der Waals surface area contributed by atoms with Crippen LogP contribution in [0.3, 0.4) is 0 Å². The number of anilines is 1. The van der Waals surface area contributed by atoms with Gasteiger partial charge in [0.25, 0.3) is 0 Å². The number of carbonyl (C=O) groups is 2. The van der Waals surface area contributed by atoms with Gasteiger partial charge < -0.3 is 41.8 Å². The number of nitrogens with two attached hydrogens (primary N) is 3. The molecule has 1 aliphatic rings. The van der Waals surface area contributed by atoms with E-state index in [0.29, 0.717) is 25.1 Å². The highest BCUT2D eigenvalue weighted by Gasteiger charge is 2.29. The molecule has 38 heavy (non-hydrogen) atoms. The molecule has 11 heteroatoms. The molecule has 11 nitrogen and oxygen atoms in total. The zero-order valence-corrected chi connectivity index (χ0v) is 22.0. The molecular formula is C27H39N5O6. The van der Waals surface area contributed by atoms with E-state index in [0.717, 1.165) is 38.3 Å². The Morgan fingerprint density at radius 3 is 2.42 bits per heavy atom. The van der Waals surface area contributed by atoms with E-state index < -0.39 is 23.6 Å². The van der Waals surface area contributed by atoms with Crippen LogP contribution < -0.4 is 31.6 Å². The Bertz CT molecular complexity index is 1070. The van der Waals surface area contributed by atoms with Crippen molar-refractivity contribution in [1.82, 2.24) is 0 Å². The van der Waals surface area contributed by atoms with Gasteiger partial charge in [-0.15, -0.1) is 0 Å². The molecule has 0 bridgehead atoms. The van der Waals surface area contributed by atoms with Crippen LogP contribution in [0.15, 0.2) is 53.5 Å². The Morgan fingerprint density at radius 1 is 1.11 bits per heavy atom. The van der Waals surface area contributed by atoms with Gasteiger partial charge in [-0.1, -0.05) is 24.3 Å². The third-order valence-corrected chi connectivity index (χ3v) is 5.81. The van der Waals surface area contributed by atoms with Crippen LogP contribution in [-0.4, -0.2) is 66.0 Å². The maximum absolute atomic E-state index is 11.1. The average molecular weight is 530 g/mol. The fourth-order valence-electron chi connectivity index (χ4n) is 3.64. The van der Waals surface area contributed by atoms with Crippen molar-refractivity contribution < 1.29 is 29.3 Å². The first-order valence-corrected chi connectivity index (χ1v) is 12.5. The molecule has 2 aromatic carbocycles. The number of carboxylic acids is 2. The normalized spacial score (nSPS) is 13.2. The molecule has 8 N–H and O–H groups in total. The van der Waals surface area contributed by atoms with Crippen LogP contribution in [0.5, 0.6) is 11.5 Å². The van der Waals surface area contributed by atoms with E-state index >= 15 is 0 Å². The second-order valence-corrected chi connectivity index (χ2v) is 9.36. The minimum Gasteiger partial charge on any atom is -0.490 e. The molecule has 3 rings (SSSR count). The minimum atomic E-state index is -1.23. The van der Waals surface area contributed by atoms with Crippen LogP contribution in [0.1, 0.15) is 38.7 Å². The van der Waals surface area contributed by atoms with Crippen molar-refractivity contribution in [3.63, 3.8) is 0 Å². The van der Waals surface area contributed by atoms with Crippen molar-refractivity contribution in [3.8, 4) is 11.5 Å². The number of aliphatic carboxylic acids is 2. The predicted octanol–water partition coefficient (Wildman–Crippen LogP) is 2.21. The Morgan fingerprint density at radius 2 is 1.79 bits per heavy atom. The van der Waals surface area contributed by atoms with Gasteiger partial charge in [-0.3, -0.25) is 9.79 Å². The number of aryl methyl sites for hydroxylation is 1. The number of rotatable bonds is 12. The Hall–Kier alpha value is -3.99. The number of fused-ring (bicyclic) bond motifs is 1. The lowest BCUT2D eigenvalue weighted by Crippen LogP contribution is -2.37. The summed E-state index contributed by atoms with van der Waals surface area (Å²) in [5, 5.41) is 17.5. The van der Waals surface area contributed by atoms with E-state index in [9.17, 15) is 9.59 Å². The van der Waals surface area contributed by atoms with Crippen LogP contribution in [-0.2, 0) is 16.0 Å². The van der Waals surface area contributed by atoms with Crippen molar-refractivity contribution >= 4 is 23.6 Å². The van der Waals surface area contributed by atoms with Crippen molar-refractivity contribution in [2.75, 3.05) is 31.1 Å². The summed E-state index contributed by atoms with van der Waals surface area (Å²) in [5.41, 5.74) is 16.5. The van der Waals surface area contributed by atoms with E-state index in [1.807, 2.05) is 42.5 Å². The average Bonchev–Trinajstić information content (AvgIpc) is 2.87. The lowest BCUT2D eigenvalue weighted by atomic mass is 10.1. The summed E-state index contributed by atoms with van der Waals surface area (Å²) in [7, 11) is 0. The smallest absolute Gasteiger partial charge is 0.347 e. The minimum absolute atomic E-state index is 0.0129. The summed E-state index contributed by atoms with van der Waals surface area (Å²) in [4.78, 5) is 27.4. The van der Waals surface area contributed by atoms with Gasteiger partial charge in [-0.25, -0.2) is 4.79 Å². The molecule has 208 valence electrons. The standard InChI is InChI=1S/C21H25NO4.C6H14N4O2/c1-21(2,20(23)24)26-17-11-9-16(10-12-17)6-5-13-22-14-15-25-19-8-4-3-7-18(19)22;7-4(5(11)12)2-1-3-10-6(8)9/h3-4,7-12H,5-6,13-15H2,1-2H3,(H,23,24);4H,1-3,7H2,(H,11,12)(H4,8,9,10)/t;4-/m.0/s1. The fourth-order valence-corrected chi connectivity index (χ4v) is 3.64. The van der Waals surface area contributed by atoms with Crippen molar-refractivity contribution in [1.29, 1.82) is 0 Å². The number of para-hydroxylation sites is 2. The molecule has 2 aromatic rings. The highest BCUT2D eigenvalue weighted by Crippen LogP contribution is 2.31. The highest BCUT2D eigenvalue weighted by molar-refractivity contribution is 5.77. The third-order valence-electron chi connectivity index (χ3n) is 5.81. The molecule has 0 unspecified atom stereocenters. The first-order valence-electron chi connectivity index (χ1n) is 12.5. The summed E-state index contributed by atoms with van der Waals surface area (Å²) in [6, 6.07) is 15.0. The van der Waals surface area contributed by atoms with Crippen molar-refractivity contribution in [2.24, 2.45) is 22.2 Å². The summed E-state index contributed by atoms with van der Waals surface area (Å²) in [5.74, 6) is -0.435. The molecule has 0 amide bonds. The van der Waals surface area contributed by atoms with E-state index in [4.69, 9.17) is 36.9 Å². The van der Waals surface area contributed by atoms with E-state index in [-0.39, 0.29) is 5.96 Å². The molecule has 0 fully saturated rings. The SMILES string of the molecule is CC(C)(Oc1ccc(CCCN2CCOc3ccccc32)cc1)C(=O)O.NC(N)=NCCC[C@H](N)C(=O)O. The number of ether oxygens (including phenoxy) is 2. The molecule has 1 heterocycles. The van der Waals surface area contributed by atoms with Gasteiger partial charge in [0.1, 0.15) is 24.1 Å². The summed E-state index contributed by atoms with van der Waals surface area (Å²) < 4.78 is 11.2. The summed E-state index contributed by atoms with van der Waals surface area (Å²) >= 11 is 0. The number of hydrogen-bond acceptors (Lipinski definition) is 7. The van der Waals surface area contributed by atoms with Crippen LogP contribution in [0, 0.1) is 0 Å². The molecule has 1 atom stereocenters. The first-order chi connectivity index (χ1) is 18.0. The largest absolute Gasteiger partial charge is 0.490 e. The zero-order chi connectivity index (χ0) is 28.1. The summed E-state index contributed by atoms with van der Waals surface area (Å²) in [6.45, 7) is 6.12. The van der Waals surface area contributed by atoms with Gasteiger partial charge in [-0.2, -0.15) is 0 Å². The van der Waals surface area contributed by atoms with Crippen molar-refractivity contribution in [2.45, 2.75) is 51.2 Å². The monoisotopic (exact) mass is 529 g/mol. The van der Waals surface area contributed by atoms with Gasteiger partial charge in [-0.05, 0) is 69.4 Å². The number of hydrogen-bond donors (Lipinski definition) is 5. The van der Waals surface area contributed by atoms with Crippen LogP contribution in [0.2, 0.25) is 0 Å². The van der Waals surface area contributed by atoms with Crippen LogP contribution >= 0.6 is 0 Å². The van der Waals surface area contributed by atoms with Gasteiger partial charge in [0, 0.05) is 13.1 Å². The second kappa shape index (κ2) is 14.7. The van der Waals surface area contributed by atoms with Crippen LogP contribution in [0.4, 0.5) is 5.69 Å². The zero-order valence-electron chi connectivity index (χ0n) is 22.0. The molecule has 0 radical (unpaired) electrons. The van der Waals surface area contributed by atoms with Gasteiger partial charge in [0.05, 0.1) is 12.2 Å². The molecule has 0 aliphatic carbocycles. The van der Waals surface area contributed by atoms with Gasteiger partial charge in [0.15, 0.2) is 11.6 Å². The summed E-state index contributed by atoms with van der Waals surface area (Å²) in [6.07, 6.45) is 2.95. The molecule has 0 aromatic heterocycles. The molecule has 0 spiro atoms. The quantitative estimate of drug-likeness (QED) is 0.155. The fraction of sp³-hybridized carbons (Fsp3) is 0.444. The van der Waals surface area contributed by atoms with E-state index in [1.54, 1.807) is 13.8 Å². The topological polar surface area (TPSA) is 187 Å². The van der Waals surface area contributed by atoms with Crippen molar-refractivity contribution in [3.05, 3.63) is 54.1 Å². The van der Waals surface area contributed by atoms with E-state index in [2.05, 4.69) is 16.0 Å². The number of guanidine groups is 1.